The van der Waals surface area contributed by atoms with E-state index in [1.165, 1.54) is 64.5 Å². The molecule has 0 aromatic carbocycles. The molecule has 1 saturated carbocycles. The van der Waals surface area contributed by atoms with Crippen LogP contribution < -0.4 is 5.73 Å². The van der Waals surface area contributed by atoms with Crippen molar-refractivity contribution >= 4 is 0 Å². The van der Waals surface area contributed by atoms with E-state index in [1.807, 2.05) is 0 Å². The molecule has 2 rings (SSSR count). The van der Waals surface area contributed by atoms with E-state index < -0.39 is 0 Å². The fourth-order valence-electron chi connectivity index (χ4n) is 3.87. The summed E-state index contributed by atoms with van der Waals surface area (Å²) in [5, 5.41) is 0. The molecule has 1 aliphatic heterocycles. The predicted octanol–water partition coefficient (Wildman–Crippen LogP) is 3.40. The van der Waals surface area contributed by atoms with Gasteiger partial charge in [0.25, 0.3) is 0 Å². The van der Waals surface area contributed by atoms with Gasteiger partial charge in [0.05, 0.1) is 0 Å². The van der Waals surface area contributed by atoms with Crippen LogP contribution in [0.2, 0.25) is 0 Å². The molecule has 1 aliphatic carbocycles. The molecule has 0 amide bonds. The Balaban J connectivity index is 1.89. The van der Waals surface area contributed by atoms with Gasteiger partial charge in [0.2, 0.25) is 0 Å². The van der Waals surface area contributed by atoms with Crippen LogP contribution in [-0.4, -0.2) is 30.1 Å². The Morgan fingerprint density at radius 3 is 2.72 bits per heavy atom. The summed E-state index contributed by atoms with van der Waals surface area (Å²) < 4.78 is 0. The monoisotopic (exact) mass is 252 g/mol. The third kappa shape index (κ3) is 3.71. The van der Waals surface area contributed by atoms with Crippen molar-refractivity contribution in [2.45, 2.75) is 77.3 Å². The average Bonchev–Trinajstić information content (AvgIpc) is 2.58. The minimum Gasteiger partial charge on any atom is -0.327 e. The summed E-state index contributed by atoms with van der Waals surface area (Å²) in [5.41, 5.74) is 6.37. The molecular weight excluding hydrogens is 220 g/mol. The molecule has 2 N–H and O–H groups in total. The van der Waals surface area contributed by atoms with Crippen molar-refractivity contribution in [2.75, 3.05) is 13.1 Å². The highest BCUT2D eigenvalue weighted by Crippen LogP contribution is 2.32. The van der Waals surface area contributed by atoms with E-state index in [1.54, 1.807) is 0 Å². The molecule has 2 nitrogen and oxygen atoms in total. The third-order valence-corrected chi connectivity index (χ3v) is 5.39. The van der Waals surface area contributed by atoms with Gasteiger partial charge in [-0.1, -0.05) is 26.2 Å². The summed E-state index contributed by atoms with van der Waals surface area (Å²) in [7, 11) is 0. The second-order valence-electron chi connectivity index (χ2n) is 6.70. The summed E-state index contributed by atoms with van der Waals surface area (Å²) in [6, 6.07) is 1.24. The Bertz CT molecular complexity index is 241. The molecule has 4 unspecified atom stereocenters. The molecule has 1 heterocycles. The zero-order valence-electron chi connectivity index (χ0n) is 12.4. The Hall–Kier alpha value is -0.0800. The van der Waals surface area contributed by atoms with Crippen molar-refractivity contribution in [3.8, 4) is 0 Å². The minimum atomic E-state index is 0.461. The zero-order chi connectivity index (χ0) is 13.0. The van der Waals surface area contributed by atoms with Crippen LogP contribution in [0.4, 0.5) is 0 Å². The molecule has 106 valence electrons. The Morgan fingerprint density at radius 1 is 1.11 bits per heavy atom. The highest BCUT2D eigenvalue weighted by atomic mass is 15.2. The van der Waals surface area contributed by atoms with Crippen LogP contribution >= 0.6 is 0 Å². The van der Waals surface area contributed by atoms with Crippen molar-refractivity contribution in [1.29, 1.82) is 0 Å². The topological polar surface area (TPSA) is 29.3 Å². The summed E-state index contributed by atoms with van der Waals surface area (Å²) in [5.74, 6) is 1.70. The van der Waals surface area contributed by atoms with E-state index >= 15 is 0 Å². The fraction of sp³-hybridized carbons (Fsp3) is 1.00. The first kappa shape index (κ1) is 14.3. The Morgan fingerprint density at radius 2 is 1.94 bits per heavy atom. The number of nitrogens with zero attached hydrogens (tertiary/aromatic N) is 1. The Labute approximate surface area is 113 Å². The van der Waals surface area contributed by atoms with Crippen LogP contribution in [0.5, 0.6) is 0 Å². The van der Waals surface area contributed by atoms with Crippen LogP contribution in [0, 0.1) is 11.8 Å². The lowest BCUT2D eigenvalue weighted by molar-refractivity contribution is 0.128. The van der Waals surface area contributed by atoms with Gasteiger partial charge in [0, 0.05) is 18.6 Å². The molecule has 0 bridgehead atoms. The van der Waals surface area contributed by atoms with E-state index in [2.05, 4.69) is 18.7 Å². The minimum absolute atomic E-state index is 0.461. The van der Waals surface area contributed by atoms with E-state index in [4.69, 9.17) is 5.73 Å². The lowest BCUT2D eigenvalue weighted by atomic mass is 9.77. The molecule has 4 atom stereocenters. The number of hydrogen-bond acceptors (Lipinski definition) is 2. The maximum absolute atomic E-state index is 6.37. The standard InChI is InChI=1S/C16H32N2/c1-3-14-8-9-16(17)15(11-14)12-18-10-6-4-5-7-13(18)2/h13-16H,3-12,17H2,1-2H3. The van der Waals surface area contributed by atoms with Crippen LogP contribution in [0.25, 0.3) is 0 Å². The highest BCUT2D eigenvalue weighted by Gasteiger charge is 2.30. The van der Waals surface area contributed by atoms with Gasteiger partial charge >= 0.3 is 0 Å². The lowest BCUT2D eigenvalue weighted by Crippen LogP contribution is -2.45. The number of rotatable bonds is 3. The lowest BCUT2D eigenvalue weighted by Gasteiger charge is -2.38. The van der Waals surface area contributed by atoms with Crippen LogP contribution in [-0.2, 0) is 0 Å². The zero-order valence-corrected chi connectivity index (χ0v) is 12.4. The number of nitrogens with two attached hydrogens (primary N) is 1. The SMILES string of the molecule is CCC1CCC(N)C(CN2CCCCCC2C)C1. The van der Waals surface area contributed by atoms with Gasteiger partial charge in [-0.15, -0.1) is 0 Å². The molecule has 0 spiro atoms. The van der Waals surface area contributed by atoms with Gasteiger partial charge in [0.15, 0.2) is 0 Å². The Kier molecular flexibility index (Phi) is 5.50. The van der Waals surface area contributed by atoms with Gasteiger partial charge in [-0.05, 0) is 57.4 Å². The smallest absolute Gasteiger partial charge is 0.00795 e. The van der Waals surface area contributed by atoms with E-state index in [0.717, 1.165) is 17.9 Å². The third-order valence-electron chi connectivity index (χ3n) is 5.39. The van der Waals surface area contributed by atoms with Crippen LogP contribution in [0.3, 0.4) is 0 Å². The summed E-state index contributed by atoms with van der Waals surface area (Å²) in [6.45, 7) is 7.32. The first-order valence-electron chi connectivity index (χ1n) is 8.20. The van der Waals surface area contributed by atoms with Gasteiger partial charge in [-0.3, -0.25) is 0 Å². The van der Waals surface area contributed by atoms with Crippen molar-refractivity contribution in [3.05, 3.63) is 0 Å². The maximum atomic E-state index is 6.37. The predicted molar refractivity (Wildman–Crippen MR) is 78.6 cm³/mol. The second kappa shape index (κ2) is 6.91. The largest absolute Gasteiger partial charge is 0.327 e. The molecule has 2 fully saturated rings. The van der Waals surface area contributed by atoms with Crippen LogP contribution in [0.1, 0.15) is 65.2 Å². The van der Waals surface area contributed by atoms with E-state index in [0.29, 0.717) is 6.04 Å². The molecule has 2 heteroatoms. The van der Waals surface area contributed by atoms with Crippen LogP contribution in [0.15, 0.2) is 0 Å². The first-order valence-corrected chi connectivity index (χ1v) is 8.20. The maximum Gasteiger partial charge on any atom is 0.00795 e. The normalized spacial score (nSPS) is 39.5. The van der Waals surface area contributed by atoms with E-state index in [-0.39, 0.29) is 0 Å². The molecule has 1 saturated heterocycles. The fourth-order valence-corrected chi connectivity index (χ4v) is 3.87. The second-order valence-corrected chi connectivity index (χ2v) is 6.70. The van der Waals surface area contributed by atoms with Crippen molar-refractivity contribution in [2.24, 2.45) is 17.6 Å². The van der Waals surface area contributed by atoms with E-state index in [9.17, 15) is 0 Å². The summed E-state index contributed by atoms with van der Waals surface area (Å²) >= 11 is 0. The van der Waals surface area contributed by atoms with Crippen molar-refractivity contribution in [3.63, 3.8) is 0 Å². The molecule has 0 aromatic heterocycles. The van der Waals surface area contributed by atoms with Crippen molar-refractivity contribution in [1.82, 2.24) is 4.90 Å². The van der Waals surface area contributed by atoms with Gasteiger partial charge < -0.3 is 10.6 Å². The van der Waals surface area contributed by atoms with Crippen molar-refractivity contribution < 1.29 is 0 Å². The average molecular weight is 252 g/mol. The number of hydrogen-bond donors (Lipinski definition) is 1. The van der Waals surface area contributed by atoms with Gasteiger partial charge in [-0.25, -0.2) is 0 Å². The first-order chi connectivity index (χ1) is 8.70. The van der Waals surface area contributed by atoms with Gasteiger partial charge in [0.1, 0.15) is 0 Å². The quantitative estimate of drug-likeness (QED) is 0.834. The molecule has 0 aromatic rings. The molecule has 2 aliphatic rings. The summed E-state index contributed by atoms with van der Waals surface area (Å²) in [6.07, 6.45) is 11.0. The highest BCUT2D eigenvalue weighted by molar-refractivity contribution is 4.85. The number of likely N-dealkylation sites (tertiary alicyclic amines) is 1. The molecule has 18 heavy (non-hydrogen) atoms. The van der Waals surface area contributed by atoms with Gasteiger partial charge in [-0.2, -0.15) is 0 Å². The summed E-state index contributed by atoms with van der Waals surface area (Å²) in [4.78, 5) is 2.73. The molecular formula is C16H32N2. The molecule has 0 radical (unpaired) electrons.